The number of carbonyl (C=O) groups excluding carboxylic acids is 2. The lowest BCUT2D eigenvalue weighted by Crippen LogP contribution is -2.30. The zero-order chi connectivity index (χ0) is 21.7. The molecule has 0 aliphatic heterocycles. The maximum Gasteiger partial charge on any atom is 0.387 e. The van der Waals surface area contributed by atoms with Crippen LogP contribution in [-0.4, -0.2) is 31.7 Å². The predicted molar refractivity (Wildman–Crippen MR) is 107 cm³/mol. The Bertz CT molecular complexity index is 1070. The van der Waals surface area contributed by atoms with E-state index < -0.39 is 24.6 Å². The normalized spacial score (nSPS) is 11.8. The number of nitrogens with one attached hydrogen (secondary N) is 1. The van der Waals surface area contributed by atoms with Crippen molar-refractivity contribution in [1.82, 2.24) is 0 Å². The number of ether oxygens (including phenoxy) is 3. The second kappa shape index (κ2) is 9.21. The standard InChI is InChI=1S/C22H19F2NO5/c1-13(20(26)25-17-9-5-7-14-6-3-4-8-16(14)17)29-21(27)15-10-11-18(30-22(23)24)19(12-15)28-2/h3-13,22H,1-2H3,(H,25,26)/t13-/m0/s1. The molecule has 0 aliphatic carbocycles. The van der Waals surface area contributed by atoms with Gasteiger partial charge in [-0.25, -0.2) is 4.79 Å². The Morgan fingerprint density at radius 1 is 0.967 bits per heavy atom. The van der Waals surface area contributed by atoms with Gasteiger partial charge in [-0.15, -0.1) is 0 Å². The van der Waals surface area contributed by atoms with E-state index in [9.17, 15) is 18.4 Å². The molecule has 30 heavy (non-hydrogen) atoms. The van der Waals surface area contributed by atoms with Crippen molar-refractivity contribution < 1.29 is 32.6 Å². The number of hydrogen-bond donors (Lipinski definition) is 1. The number of carbonyl (C=O) groups is 2. The number of rotatable bonds is 7. The Balaban J connectivity index is 1.69. The molecule has 0 aliphatic rings. The average molecular weight is 415 g/mol. The van der Waals surface area contributed by atoms with E-state index in [4.69, 9.17) is 9.47 Å². The highest BCUT2D eigenvalue weighted by Crippen LogP contribution is 2.30. The highest BCUT2D eigenvalue weighted by atomic mass is 19.3. The smallest absolute Gasteiger partial charge is 0.387 e. The minimum atomic E-state index is -3.03. The maximum atomic E-state index is 12.5. The van der Waals surface area contributed by atoms with E-state index in [0.717, 1.165) is 10.8 Å². The molecule has 3 aromatic rings. The molecule has 0 saturated heterocycles. The van der Waals surface area contributed by atoms with Gasteiger partial charge in [-0.2, -0.15) is 8.78 Å². The Labute approximate surface area is 171 Å². The summed E-state index contributed by atoms with van der Waals surface area (Å²) >= 11 is 0. The summed E-state index contributed by atoms with van der Waals surface area (Å²) in [4.78, 5) is 24.9. The Hall–Kier alpha value is -3.68. The van der Waals surface area contributed by atoms with Crippen LogP contribution in [-0.2, 0) is 9.53 Å². The van der Waals surface area contributed by atoms with Crippen molar-refractivity contribution in [3.8, 4) is 11.5 Å². The molecule has 0 radical (unpaired) electrons. The maximum absolute atomic E-state index is 12.5. The molecule has 0 spiro atoms. The molecule has 0 fully saturated rings. The summed E-state index contributed by atoms with van der Waals surface area (Å²) in [5.74, 6) is -1.59. The van der Waals surface area contributed by atoms with E-state index in [1.807, 2.05) is 36.4 Å². The van der Waals surface area contributed by atoms with Gasteiger partial charge < -0.3 is 19.5 Å². The van der Waals surface area contributed by atoms with Crippen LogP contribution in [0.4, 0.5) is 14.5 Å². The average Bonchev–Trinajstić information content (AvgIpc) is 2.73. The molecule has 156 valence electrons. The quantitative estimate of drug-likeness (QED) is 0.570. The molecule has 0 aromatic heterocycles. The fraction of sp³-hybridized carbons (Fsp3) is 0.182. The molecule has 0 saturated carbocycles. The van der Waals surface area contributed by atoms with E-state index in [0.29, 0.717) is 5.69 Å². The monoisotopic (exact) mass is 415 g/mol. The van der Waals surface area contributed by atoms with Crippen molar-refractivity contribution in [2.45, 2.75) is 19.6 Å². The number of alkyl halides is 2. The summed E-state index contributed by atoms with van der Waals surface area (Å²) in [6.45, 7) is -1.60. The number of methoxy groups -OCH3 is 1. The Kier molecular flexibility index (Phi) is 6.46. The number of benzene rings is 3. The van der Waals surface area contributed by atoms with Crippen molar-refractivity contribution in [2.75, 3.05) is 12.4 Å². The molecule has 0 unspecified atom stereocenters. The first-order valence-electron chi connectivity index (χ1n) is 9.01. The fourth-order valence-corrected chi connectivity index (χ4v) is 2.84. The zero-order valence-corrected chi connectivity index (χ0v) is 16.2. The fourth-order valence-electron chi connectivity index (χ4n) is 2.84. The van der Waals surface area contributed by atoms with Gasteiger partial charge in [-0.05, 0) is 36.6 Å². The number of halogens is 2. The third-order valence-electron chi connectivity index (χ3n) is 4.32. The van der Waals surface area contributed by atoms with Crippen LogP contribution >= 0.6 is 0 Å². The van der Waals surface area contributed by atoms with Gasteiger partial charge in [0.2, 0.25) is 0 Å². The third kappa shape index (κ3) is 4.83. The third-order valence-corrected chi connectivity index (χ3v) is 4.32. The van der Waals surface area contributed by atoms with E-state index in [-0.39, 0.29) is 17.1 Å². The van der Waals surface area contributed by atoms with Crippen LogP contribution in [0.25, 0.3) is 10.8 Å². The number of hydrogen-bond acceptors (Lipinski definition) is 5. The van der Waals surface area contributed by atoms with Crippen LogP contribution < -0.4 is 14.8 Å². The van der Waals surface area contributed by atoms with Gasteiger partial charge >= 0.3 is 12.6 Å². The van der Waals surface area contributed by atoms with Crippen LogP contribution in [0, 0.1) is 0 Å². The molecule has 0 heterocycles. The van der Waals surface area contributed by atoms with Crippen molar-refractivity contribution in [3.05, 3.63) is 66.2 Å². The van der Waals surface area contributed by atoms with Crippen LogP contribution in [0.5, 0.6) is 11.5 Å². The first kappa shape index (κ1) is 21.0. The lowest BCUT2D eigenvalue weighted by Gasteiger charge is -2.15. The Morgan fingerprint density at radius 3 is 2.43 bits per heavy atom. The van der Waals surface area contributed by atoms with Crippen LogP contribution in [0.3, 0.4) is 0 Å². The van der Waals surface area contributed by atoms with Crippen LogP contribution in [0.2, 0.25) is 0 Å². The van der Waals surface area contributed by atoms with Crippen molar-refractivity contribution in [2.24, 2.45) is 0 Å². The molecule has 1 atom stereocenters. The van der Waals surface area contributed by atoms with E-state index in [1.54, 1.807) is 6.07 Å². The van der Waals surface area contributed by atoms with Gasteiger partial charge in [0.25, 0.3) is 5.91 Å². The van der Waals surface area contributed by atoms with Crippen molar-refractivity contribution >= 4 is 28.3 Å². The summed E-state index contributed by atoms with van der Waals surface area (Å²) in [5.41, 5.74) is 0.620. The van der Waals surface area contributed by atoms with Crippen LogP contribution in [0.15, 0.2) is 60.7 Å². The predicted octanol–water partition coefficient (Wildman–Crippen LogP) is 4.63. The molecule has 0 bridgehead atoms. The lowest BCUT2D eigenvalue weighted by atomic mass is 10.1. The number of anilines is 1. The molecule has 1 amide bonds. The highest BCUT2D eigenvalue weighted by Gasteiger charge is 2.21. The van der Waals surface area contributed by atoms with Gasteiger partial charge in [-0.3, -0.25) is 4.79 Å². The van der Waals surface area contributed by atoms with E-state index in [2.05, 4.69) is 10.1 Å². The van der Waals surface area contributed by atoms with Crippen molar-refractivity contribution in [1.29, 1.82) is 0 Å². The number of fused-ring (bicyclic) bond motifs is 1. The molecule has 6 nitrogen and oxygen atoms in total. The molecular weight excluding hydrogens is 396 g/mol. The molecule has 1 N–H and O–H groups in total. The minimum Gasteiger partial charge on any atom is -0.493 e. The SMILES string of the molecule is COc1cc(C(=O)O[C@@H](C)C(=O)Nc2cccc3ccccc23)ccc1OC(F)F. The Morgan fingerprint density at radius 2 is 1.70 bits per heavy atom. The summed E-state index contributed by atoms with van der Waals surface area (Å²) < 4.78 is 39.3. The highest BCUT2D eigenvalue weighted by molar-refractivity contribution is 6.04. The second-order valence-electron chi connectivity index (χ2n) is 6.31. The van der Waals surface area contributed by atoms with Gasteiger partial charge in [0.05, 0.1) is 12.7 Å². The summed E-state index contributed by atoms with van der Waals surface area (Å²) in [5, 5.41) is 4.56. The molecular formula is C22H19F2NO5. The van der Waals surface area contributed by atoms with Crippen molar-refractivity contribution in [3.63, 3.8) is 0 Å². The zero-order valence-electron chi connectivity index (χ0n) is 16.2. The van der Waals surface area contributed by atoms with E-state index >= 15 is 0 Å². The van der Waals surface area contributed by atoms with Gasteiger partial charge in [0, 0.05) is 11.1 Å². The summed E-state index contributed by atoms with van der Waals surface area (Å²) in [6, 6.07) is 16.6. The minimum absolute atomic E-state index is 0.0262. The van der Waals surface area contributed by atoms with Gasteiger partial charge in [0.1, 0.15) is 0 Å². The van der Waals surface area contributed by atoms with Gasteiger partial charge in [0.15, 0.2) is 17.6 Å². The number of esters is 1. The largest absolute Gasteiger partial charge is 0.493 e. The first-order valence-corrected chi connectivity index (χ1v) is 9.01. The molecule has 8 heteroatoms. The summed E-state index contributed by atoms with van der Waals surface area (Å²) in [7, 11) is 1.25. The number of amides is 1. The summed E-state index contributed by atoms with van der Waals surface area (Å²) in [6.07, 6.45) is -1.10. The molecule has 3 rings (SSSR count). The lowest BCUT2D eigenvalue weighted by molar-refractivity contribution is -0.123. The molecule has 3 aromatic carbocycles. The topological polar surface area (TPSA) is 73.9 Å². The van der Waals surface area contributed by atoms with Gasteiger partial charge in [-0.1, -0.05) is 36.4 Å². The first-order chi connectivity index (χ1) is 14.4. The second-order valence-corrected chi connectivity index (χ2v) is 6.31. The van der Waals surface area contributed by atoms with E-state index in [1.165, 1.54) is 32.2 Å². The van der Waals surface area contributed by atoms with Crippen LogP contribution in [0.1, 0.15) is 17.3 Å².